The third-order valence-electron chi connectivity index (χ3n) is 5.67. The Bertz CT molecular complexity index is 1180. The molecular formula is C25H27F3N2O5. The number of fused-ring (bicyclic) bond motifs is 1. The van der Waals surface area contributed by atoms with Crippen molar-refractivity contribution in [2.75, 3.05) is 39.5 Å². The minimum absolute atomic E-state index is 0.188. The average molecular weight is 492 g/mol. The van der Waals surface area contributed by atoms with E-state index in [-0.39, 0.29) is 16.7 Å². The Morgan fingerprint density at radius 3 is 2.43 bits per heavy atom. The zero-order valence-electron chi connectivity index (χ0n) is 19.2. The molecule has 0 N–H and O–H groups in total. The number of pyridine rings is 1. The highest BCUT2D eigenvalue weighted by Crippen LogP contribution is 2.33. The summed E-state index contributed by atoms with van der Waals surface area (Å²) < 4.78 is 60.9. The van der Waals surface area contributed by atoms with E-state index in [2.05, 4.69) is 9.88 Å². The van der Waals surface area contributed by atoms with E-state index < -0.39 is 11.7 Å². The zero-order valence-corrected chi connectivity index (χ0v) is 19.2. The predicted octanol–water partition coefficient (Wildman–Crippen LogP) is 4.67. The largest absolute Gasteiger partial charge is 0.493 e. The predicted molar refractivity (Wildman–Crippen MR) is 123 cm³/mol. The number of hydrogen-bond acceptors (Lipinski definition) is 7. The van der Waals surface area contributed by atoms with E-state index >= 15 is 0 Å². The lowest BCUT2D eigenvalue weighted by Crippen LogP contribution is -2.35. The first kappa shape index (κ1) is 25.0. The van der Waals surface area contributed by atoms with Crippen molar-refractivity contribution in [3.63, 3.8) is 0 Å². The van der Waals surface area contributed by atoms with Crippen LogP contribution in [0.3, 0.4) is 0 Å². The molecule has 0 saturated carbocycles. The van der Waals surface area contributed by atoms with Gasteiger partial charge in [0.2, 0.25) is 11.2 Å². The minimum Gasteiger partial charge on any atom is -0.493 e. The Balaban J connectivity index is 1.18. The number of alkyl halides is 3. The molecule has 1 aliphatic heterocycles. The molecule has 1 saturated heterocycles. The Morgan fingerprint density at radius 1 is 0.971 bits per heavy atom. The van der Waals surface area contributed by atoms with Crippen LogP contribution in [0.5, 0.6) is 11.5 Å². The van der Waals surface area contributed by atoms with Gasteiger partial charge < -0.3 is 18.6 Å². The summed E-state index contributed by atoms with van der Waals surface area (Å²) in [6.45, 7) is 4.31. The van der Waals surface area contributed by atoms with Gasteiger partial charge in [0.25, 0.3) is 0 Å². The third-order valence-corrected chi connectivity index (χ3v) is 5.67. The Kier molecular flexibility index (Phi) is 8.25. The van der Waals surface area contributed by atoms with E-state index in [0.717, 1.165) is 38.1 Å². The maximum absolute atomic E-state index is 12.9. The van der Waals surface area contributed by atoms with Gasteiger partial charge in [-0.1, -0.05) is 0 Å². The zero-order chi connectivity index (χ0) is 24.7. The second-order valence-corrected chi connectivity index (χ2v) is 8.26. The van der Waals surface area contributed by atoms with Gasteiger partial charge in [0.1, 0.15) is 17.8 Å². The Morgan fingerprint density at radius 2 is 1.71 bits per heavy atom. The van der Waals surface area contributed by atoms with Gasteiger partial charge in [-0.15, -0.1) is 0 Å². The molecule has 0 unspecified atom stereocenters. The van der Waals surface area contributed by atoms with Crippen molar-refractivity contribution in [2.45, 2.75) is 32.0 Å². The van der Waals surface area contributed by atoms with Gasteiger partial charge in [0.05, 0.1) is 44.1 Å². The lowest BCUT2D eigenvalue weighted by atomic mass is 10.1. The molecule has 3 aromatic rings. The van der Waals surface area contributed by atoms with E-state index in [1.165, 1.54) is 24.6 Å². The topological polar surface area (TPSA) is 74.0 Å². The van der Waals surface area contributed by atoms with E-state index in [1.54, 1.807) is 6.07 Å². The van der Waals surface area contributed by atoms with Crippen molar-refractivity contribution in [3.05, 3.63) is 64.3 Å². The van der Waals surface area contributed by atoms with Gasteiger partial charge in [-0.05, 0) is 43.5 Å². The molecule has 0 atom stereocenters. The fourth-order valence-corrected chi connectivity index (χ4v) is 3.78. The van der Waals surface area contributed by atoms with Gasteiger partial charge in [-0.3, -0.25) is 14.7 Å². The van der Waals surface area contributed by atoms with Crippen LogP contribution in [-0.4, -0.2) is 49.4 Å². The first-order chi connectivity index (χ1) is 16.9. The molecule has 0 bridgehead atoms. The quantitative estimate of drug-likeness (QED) is 0.381. The summed E-state index contributed by atoms with van der Waals surface area (Å²) in [5.74, 6) is 1.28. The summed E-state index contributed by atoms with van der Waals surface area (Å²) in [5.41, 5.74) is -0.711. The molecule has 0 radical (unpaired) electrons. The normalized spacial score (nSPS) is 14.8. The van der Waals surface area contributed by atoms with E-state index in [4.69, 9.17) is 18.6 Å². The summed E-state index contributed by atoms with van der Waals surface area (Å²) >= 11 is 0. The average Bonchev–Trinajstić information content (AvgIpc) is 2.84. The molecule has 1 fully saturated rings. The lowest BCUT2D eigenvalue weighted by molar-refractivity contribution is -0.137. The molecule has 0 amide bonds. The van der Waals surface area contributed by atoms with Crippen molar-refractivity contribution in [1.82, 2.24) is 9.88 Å². The highest BCUT2D eigenvalue weighted by molar-refractivity contribution is 5.85. The van der Waals surface area contributed by atoms with Crippen LogP contribution < -0.4 is 14.9 Å². The van der Waals surface area contributed by atoms with Crippen molar-refractivity contribution < 1.29 is 31.8 Å². The molecule has 10 heteroatoms. The number of aromatic nitrogens is 1. The summed E-state index contributed by atoms with van der Waals surface area (Å²) in [6, 6.07) is 6.54. The second-order valence-electron chi connectivity index (χ2n) is 8.26. The number of benzene rings is 1. The van der Waals surface area contributed by atoms with Crippen molar-refractivity contribution >= 4 is 10.9 Å². The molecule has 0 spiro atoms. The molecule has 7 nitrogen and oxygen atoms in total. The van der Waals surface area contributed by atoms with Gasteiger partial charge in [0, 0.05) is 30.7 Å². The first-order valence-corrected chi connectivity index (χ1v) is 11.5. The van der Waals surface area contributed by atoms with Crippen LogP contribution in [0.15, 0.2) is 52.0 Å². The standard InChI is InChI=1S/C25H27F3N2O5/c26-25(27,28)18-4-5-20-21(14-18)29-7-6-23(20)33-10-2-1-3-11-34-24-17-35-19(15-22(24)31)16-30-8-12-32-13-9-30/h4-7,14-15,17H,1-3,8-13,16H2. The maximum atomic E-state index is 12.9. The van der Waals surface area contributed by atoms with E-state index in [9.17, 15) is 18.0 Å². The van der Waals surface area contributed by atoms with Crippen LogP contribution in [0.1, 0.15) is 30.6 Å². The molecule has 1 aromatic carbocycles. The number of halogens is 3. The second kappa shape index (κ2) is 11.5. The van der Waals surface area contributed by atoms with Gasteiger partial charge in [-0.25, -0.2) is 0 Å². The maximum Gasteiger partial charge on any atom is 0.416 e. The SMILES string of the molecule is O=c1cc(CN2CCOCC2)occ1OCCCCCOc1ccnc2cc(C(F)(F)F)ccc12. The van der Waals surface area contributed by atoms with Gasteiger partial charge in [0.15, 0.2) is 0 Å². The van der Waals surface area contributed by atoms with Gasteiger partial charge in [-0.2, -0.15) is 13.2 Å². The van der Waals surface area contributed by atoms with E-state index in [0.29, 0.717) is 56.3 Å². The monoisotopic (exact) mass is 492 g/mol. The van der Waals surface area contributed by atoms with Crippen molar-refractivity contribution in [2.24, 2.45) is 0 Å². The number of morpholine rings is 1. The van der Waals surface area contributed by atoms with Crippen molar-refractivity contribution in [1.29, 1.82) is 0 Å². The number of nitrogens with zero attached hydrogens (tertiary/aromatic N) is 2. The number of hydrogen-bond donors (Lipinski definition) is 0. The van der Waals surface area contributed by atoms with Crippen LogP contribution in [0.4, 0.5) is 13.2 Å². The molecular weight excluding hydrogens is 465 g/mol. The van der Waals surface area contributed by atoms with Crippen LogP contribution >= 0.6 is 0 Å². The summed E-state index contributed by atoms with van der Waals surface area (Å²) in [4.78, 5) is 18.5. The van der Waals surface area contributed by atoms with Crippen LogP contribution in [-0.2, 0) is 17.5 Å². The molecule has 1 aliphatic rings. The Labute approximate surface area is 200 Å². The van der Waals surface area contributed by atoms with E-state index in [1.807, 2.05) is 0 Å². The third kappa shape index (κ3) is 6.95. The Hall–Kier alpha value is -3.11. The number of rotatable bonds is 10. The van der Waals surface area contributed by atoms with Crippen LogP contribution in [0.25, 0.3) is 10.9 Å². The fourth-order valence-electron chi connectivity index (χ4n) is 3.78. The lowest BCUT2D eigenvalue weighted by Gasteiger charge is -2.25. The summed E-state index contributed by atoms with van der Waals surface area (Å²) in [5, 5.41) is 0.535. The van der Waals surface area contributed by atoms with Crippen LogP contribution in [0.2, 0.25) is 0 Å². The molecule has 4 rings (SSSR count). The molecule has 35 heavy (non-hydrogen) atoms. The highest BCUT2D eigenvalue weighted by atomic mass is 19.4. The molecule has 3 heterocycles. The first-order valence-electron chi connectivity index (χ1n) is 11.5. The molecule has 0 aliphatic carbocycles. The number of ether oxygens (including phenoxy) is 3. The van der Waals surface area contributed by atoms with Crippen molar-refractivity contribution in [3.8, 4) is 11.5 Å². The minimum atomic E-state index is -4.42. The smallest absolute Gasteiger partial charge is 0.416 e. The van der Waals surface area contributed by atoms with Gasteiger partial charge >= 0.3 is 6.18 Å². The van der Waals surface area contributed by atoms with Crippen LogP contribution in [0, 0.1) is 0 Å². The number of unbranched alkanes of at least 4 members (excludes halogenated alkanes) is 2. The highest BCUT2D eigenvalue weighted by Gasteiger charge is 2.30. The molecule has 2 aromatic heterocycles. The fraction of sp³-hybridized carbons (Fsp3) is 0.440. The summed E-state index contributed by atoms with van der Waals surface area (Å²) in [7, 11) is 0. The molecule has 188 valence electrons. The summed E-state index contributed by atoms with van der Waals surface area (Å²) in [6.07, 6.45) is 0.608.